The maximum absolute atomic E-state index is 12.8. The van der Waals surface area contributed by atoms with Gasteiger partial charge in [-0.05, 0) is 49.7 Å². The molecule has 0 aliphatic rings. The van der Waals surface area contributed by atoms with Crippen LogP contribution in [-0.2, 0) is 0 Å². The van der Waals surface area contributed by atoms with Crippen LogP contribution in [0.3, 0.4) is 0 Å². The van der Waals surface area contributed by atoms with Gasteiger partial charge in [-0.3, -0.25) is 10.1 Å². The smallest absolute Gasteiger partial charge is 0.322 e. The molecule has 0 atom stereocenters. The lowest BCUT2D eigenvalue weighted by atomic mass is 10.1. The van der Waals surface area contributed by atoms with E-state index in [-0.39, 0.29) is 6.01 Å². The van der Waals surface area contributed by atoms with Crippen molar-refractivity contribution in [1.82, 2.24) is 10.2 Å². The third-order valence-electron chi connectivity index (χ3n) is 4.36. The van der Waals surface area contributed by atoms with Crippen LogP contribution in [0.1, 0.15) is 21.5 Å². The van der Waals surface area contributed by atoms with Crippen LogP contribution >= 0.6 is 0 Å². The molecule has 0 unspecified atom stereocenters. The average molecular weight is 385 g/mol. The lowest BCUT2D eigenvalue weighted by molar-refractivity contribution is 0.102. The Hall–Kier alpha value is -3.93. The van der Waals surface area contributed by atoms with Crippen LogP contribution in [0.25, 0.3) is 11.5 Å². The summed E-state index contributed by atoms with van der Waals surface area (Å²) in [5.41, 5.74) is 3.36. The molecule has 3 aromatic carbocycles. The fourth-order valence-electron chi connectivity index (χ4n) is 2.96. The fraction of sp³-hybridized carbons (Fsp3) is 0.0870. The molecule has 0 radical (unpaired) electrons. The van der Waals surface area contributed by atoms with E-state index >= 15 is 0 Å². The summed E-state index contributed by atoms with van der Waals surface area (Å²) in [5.74, 6) is 1.03. The van der Waals surface area contributed by atoms with Crippen molar-refractivity contribution in [2.75, 3.05) is 5.32 Å². The van der Waals surface area contributed by atoms with E-state index in [4.69, 9.17) is 9.15 Å². The number of aromatic nitrogens is 2. The average Bonchev–Trinajstić information content (AvgIpc) is 3.17. The van der Waals surface area contributed by atoms with E-state index in [1.807, 2.05) is 62.4 Å². The molecule has 4 rings (SSSR count). The molecule has 144 valence electrons. The zero-order chi connectivity index (χ0) is 20.2. The van der Waals surface area contributed by atoms with Gasteiger partial charge in [-0.2, -0.15) is 0 Å². The molecule has 1 N–H and O–H groups in total. The summed E-state index contributed by atoms with van der Waals surface area (Å²) in [6, 6.07) is 22.2. The van der Waals surface area contributed by atoms with Crippen LogP contribution in [0, 0.1) is 13.8 Å². The van der Waals surface area contributed by atoms with Gasteiger partial charge in [-0.15, -0.1) is 5.10 Å². The predicted octanol–water partition coefficient (Wildman–Crippen LogP) is 5.40. The van der Waals surface area contributed by atoms with Crippen molar-refractivity contribution < 1.29 is 13.9 Å². The first-order valence-corrected chi connectivity index (χ1v) is 9.14. The zero-order valence-electron chi connectivity index (χ0n) is 16.0. The van der Waals surface area contributed by atoms with Gasteiger partial charge in [-0.1, -0.05) is 53.1 Å². The number of hydrogen-bond acceptors (Lipinski definition) is 5. The second kappa shape index (κ2) is 7.98. The lowest BCUT2D eigenvalue weighted by Gasteiger charge is -2.10. The Balaban J connectivity index is 1.54. The van der Waals surface area contributed by atoms with Crippen LogP contribution in [0.15, 0.2) is 77.2 Å². The second-order valence-corrected chi connectivity index (χ2v) is 6.60. The SMILES string of the molecule is Cc1ccc(-c2nnc(NC(=O)c3ccccc3Oc3ccccc3)o2)c(C)c1. The molecule has 6 nitrogen and oxygen atoms in total. The second-order valence-electron chi connectivity index (χ2n) is 6.60. The zero-order valence-corrected chi connectivity index (χ0v) is 16.0. The molecule has 0 saturated carbocycles. The molecule has 0 aliphatic carbocycles. The number of benzene rings is 3. The van der Waals surface area contributed by atoms with E-state index in [2.05, 4.69) is 15.5 Å². The Morgan fingerprint density at radius 3 is 2.48 bits per heavy atom. The predicted molar refractivity (Wildman–Crippen MR) is 110 cm³/mol. The normalized spacial score (nSPS) is 10.6. The molecule has 4 aromatic rings. The number of carbonyl (C=O) groups is 1. The molecular weight excluding hydrogens is 366 g/mol. The van der Waals surface area contributed by atoms with Crippen molar-refractivity contribution in [3.63, 3.8) is 0 Å². The fourth-order valence-corrected chi connectivity index (χ4v) is 2.96. The molecule has 6 heteroatoms. The molecule has 1 heterocycles. The maximum Gasteiger partial charge on any atom is 0.322 e. The Morgan fingerprint density at radius 2 is 1.69 bits per heavy atom. The third kappa shape index (κ3) is 4.16. The van der Waals surface area contributed by atoms with Crippen molar-refractivity contribution in [3.05, 3.63) is 89.5 Å². The van der Waals surface area contributed by atoms with Crippen LogP contribution < -0.4 is 10.1 Å². The Morgan fingerprint density at radius 1 is 0.931 bits per heavy atom. The lowest BCUT2D eigenvalue weighted by Crippen LogP contribution is -2.13. The van der Waals surface area contributed by atoms with Gasteiger partial charge in [-0.25, -0.2) is 0 Å². The number of nitrogens with zero attached hydrogens (tertiary/aromatic N) is 2. The van der Waals surface area contributed by atoms with Crippen LogP contribution in [0.5, 0.6) is 11.5 Å². The number of anilines is 1. The minimum atomic E-state index is -0.396. The van der Waals surface area contributed by atoms with Crippen LogP contribution in [-0.4, -0.2) is 16.1 Å². The van der Waals surface area contributed by atoms with Gasteiger partial charge in [0, 0.05) is 5.56 Å². The molecule has 0 aliphatic heterocycles. The van der Waals surface area contributed by atoms with Gasteiger partial charge in [0.25, 0.3) is 5.91 Å². The highest BCUT2D eigenvalue weighted by Crippen LogP contribution is 2.27. The number of hydrogen-bond donors (Lipinski definition) is 1. The standard InChI is InChI=1S/C23H19N3O3/c1-15-12-13-18(16(2)14-15)22-25-26-23(29-22)24-21(27)19-10-6-7-11-20(19)28-17-8-4-3-5-9-17/h3-14H,1-2H3,(H,24,26,27). The molecular formula is C23H19N3O3. The maximum atomic E-state index is 12.8. The van der Waals surface area contributed by atoms with E-state index in [1.165, 1.54) is 0 Å². The summed E-state index contributed by atoms with van der Waals surface area (Å²) in [6.07, 6.45) is 0. The highest BCUT2D eigenvalue weighted by molar-refractivity contribution is 6.05. The van der Waals surface area contributed by atoms with E-state index < -0.39 is 5.91 Å². The largest absolute Gasteiger partial charge is 0.457 e. The van der Waals surface area contributed by atoms with Gasteiger partial charge in [0.1, 0.15) is 11.5 Å². The molecule has 0 saturated heterocycles. The number of nitrogens with one attached hydrogen (secondary N) is 1. The minimum Gasteiger partial charge on any atom is -0.457 e. The van der Waals surface area contributed by atoms with Crippen molar-refractivity contribution >= 4 is 11.9 Å². The van der Waals surface area contributed by atoms with Crippen molar-refractivity contribution in [2.45, 2.75) is 13.8 Å². The van der Waals surface area contributed by atoms with Gasteiger partial charge in [0.05, 0.1) is 5.56 Å². The van der Waals surface area contributed by atoms with Crippen LogP contribution in [0.2, 0.25) is 0 Å². The monoisotopic (exact) mass is 385 g/mol. The van der Waals surface area contributed by atoms with E-state index in [0.717, 1.165) is 16.7 Å². The molecule has 1 amide bonds. The topological polar surface area (TPSA) is 77.2 Å². The number of para-hydroxylation sites is 2. The van der Waals surface area contributed by atoms with E-state index in [0.29, 0.717) is 23.0 Å². The van der Waals surface area contributed by atoms with Gasteiger partial charge in [0.15, 0.2) is 0 Å². The number of ether oxygens (including phenoxy) is 1. The summed E-state index contributed by atoms with van der Waals surface area (Å²) in [7, 11) is 0. The van der Waals surface area contributed by atoms with Crippen molar-refractivity contribution in [2.24, 2.45) is 0 Å². The Labute approximate surface area is 168 Å². The summed E-state index contributed by atoms with van der Waals surface area (Å²) in [4.78, 5) is 12.8. The van der Waals surface area contributed by atoms with Gasteiger partial charge in [0.2, 0.25) is 5.89 Å². The van der Waals surface area contributed by atoms with Crippen molar-refractivity contribution in [1.29, 1.82) is 0 Å². The summed E-state index contributed by atoms with van der Waals surface area (Å²) < 4.78 is 11.5. The number of rotatable bonds is 5. The van der Waals surface area contributed by atoms with E-state index in [9.17, 15) is 4.79 Å². The quantitative estimate of drug-likeness (QED) is 0.498. The third-order valence-corrected chi connectivity index (χ3v) is 4.36. The molecule has 0 bridgehead atoms. The summed E-state index contributed by atoms with van der Waals surface area (Å²) in [6.45, 7) is 3.99. The summed E-state index contributed by atoms with van der Waals surface area (Å²) >= 11 is 0. The van der Waals surface area contributed by atoms with Gasteiger partial charge < -0.3 is 9.15 Å². The minimum absolute atomic E-state index is 0.0273. The number of aryl methyl sites for hydroxylation is 2. The first-order chi connectivity index (χ1) is 14.1. The molecule has 0 fully saturated rings. The Kier molecular flexibility index (Phi) is 5.07. The molecule has 1 aromatic heterocycles. The molecule has 29 heavy (non-hydrogen) atoms. The summed E-state index contributed by atoms with van der Waals surface area (Å²) in [5, 5.41) is 10.6. The first-order valence-electron chi connectivity index (χ1n) is 9.14. The van der Waals surface area contributed by atoms with Gasteiger partial charge >= 0.3 is 6.01 Å². The number of amides is 1. The molecule has 0 spiro atoms. The highest BCUT2D eigenvalue weighted by atomic mass is 16.5. The number of carbonyl (C=O) groups excluding carboxylic acids is 1. The Bertz CT molecular complexity index is 1150. The highest BCUT2D eigenvalue weighted by Gasteiger charge is 2.17. The first kappa shape index (κ1) is 18.4. The van der Waals surface area contributed by atoms with Crippen molar-refractivity contribution in [3.8, 4) is 23.0 Å². The van der Waals surface area contributed by atoms with Crippen LogP contribution in [0.4, 0.5) is 6.01 Å². The van der Waals surface area contributed by atoms with E-state index in [1.54, 1.807) is 24.3 Å².